The molecule has 3 amide bonds. The molecule has 1 aromatic heterocycles. The number of fused-ring (bicyclic) bond motifs is 7. The van der Waals surface area contributed by atoms with Crippen LogP contribution in [0, 0.1) is 0 Å². The van der Waals surface area contributed by atoms with Crippen LogP contribution >= 0.6 is 0 Å². The van der Waals surface area contributed by atoms with Gasteiger partial charge in [-0.15, -0.1) is 0 Å². The summed E-state index contributed by atoms with van der Waals surface area (Å²) in [6, 6.07) is 11.5. The largest absolute Gasteiger partial charge is 0.497 e. The number of hydrogen-bond donors (Lipinski definition) is 2. The standard InChI is InChI=1S/C36H45N5O7S/c1-21-18-40(19-22(2)48-21)35(44)34(43)37-36-17-29(36)28-16-25(47-5)12-14-26(28)32-31(23-9-7-6-8-10-23)27-13-11-24(15-30(27)41(32)20-36)33(42)38-49(45,46)39(3)4/h11-16,21-23,29H,6-10,17-20H2,1-5H3,(H,37,43)(H,38,42)/t21-,22+,29-,36-/m0/s1. The molecule has 3 fully saturated rings. The minimum absolute atomic E-state index is 0.0669. The maximum Gasteiger partial charge on any atom is 0.312 e. The highest BCUT2D eigenvalue weighted by Gasteiger charge is 2.59. The van der Waals surface area contributed by atoms with E-state index in [2.05, 4.69) is 20.7 Å². The van der Waals surface area contributed by atoms with Crippen LogP contribution in [0.15, 0.2) is 36.4 Å². The van der Waals surface area contributed by atoms with Crippen LogP contribution < -0.4 is 14.8 Å². The van der Waals surface area contributed by atoms with Crippen LogP contribution in [0.2, 0.25) is 0 Å². The van der Waals surface area contributed by atoms with Crippen LogP contribution in [0.5, 0.6) is 5.75 Å². The van der Waals surface area contributed by atoms with Gasteiger partial charge in [0.05, 0.1) is 30.6 Å². The Kier molecular flexibility index (Phi) is 8.51. The third-order valence-electron chi connectivity index (χ3n) is 10.8. The first-order valence-corrected chi connectivity index (χ1v) is 18.6. The Morgan fingerprint density at radius 1 is 1.00 bits per heavy atom. The van der Waals surface area contributed by atoms with Gasteiger partial charge in [-0.1, -0.05) is 25.3 Å². The molecule has 3 aromatic rings. The van der Waals surface area contributed by atoms with Gasteiger partial charge >= 0.3 is 22.0 Å². The van der Waals surface area contributed by atoms with E-state index in [1.54, 1.807) is 24.1 Å². The molecule has 2 aromatic carbocycles. The smallest absolute Gasteiger partial charge is 0.312 e. The molecule has 4 aliphatic rings. The maximum atomic E-state index is 13.8. The SMILES string of the molecule is COc1ccc2c(c1)[C@@H]1C[C@]1(NC(=O)C(=O)N1C[C@@H](C)O[C@@H](C)C1)Cn1c-2c(C2CCCCC2)c2ccc(C(=O)NS(=O)(=O)N(C)C)cc21. The second-order valence-electron chi connectivity index (χ2n) is 14.4. The van der Waals surface area contributed by atoms with Gasteiger partial charge < -0.3 is 24.3 Å². The predicted molar refractivity (Wildman–Crippen MR) is 185 cm³/mol. The molecule has 0 spiro atoms. The zero-order chi connectivity index (χ0) is 34.8. The Morgan fingerprint density at radius 3 is 2.39 bits per heavy atom. The summed E-state index contributed by atoms with van der Waals surface area (Å²) in [6.07, 6.45) is 5.80. The summed E-state index contributed by atoms with van der Waals surface area (Å²) in [7, 11) is 0.350. The van der Waals surface area contributed by atoms with E-state index in [1.165, 1.54) is 26.1 Å². The summed E-state index contributed by atoms with van der Waals surface area (Å²) in [5.74, 6) is -1.00. The van der Waals surface area contributed by atoms with Gasteiger partial charge in [0.2, 0.25) is 0 Å². The van der Waals surface area contributed by atoms with Crippen LogP contribution in [0.1, 0.15) is 85.7 Å². The molecule has 12 nitrogen and oxygen atoms in total. The highest BCUT2D eigenvalue weighted by molar-refractivity contribution is 7.87. The van der Waals surface area contributed by atoms with Gasteiger partial charge in [-0.05, 0) is 80.5 Å². The van der Waals surface area contributed by atoms with Crippen LogP contribution in [-0.2, 0) is 31.1 Å². The fourth-order valence-corrected chi connectivity index (χ4v) is 8.86. The van der Waals surface area contributed by atoms with Gasteiger partial charge in [-0.25, -0.2) is 4.72 Å². The number of methoxy groups -OCH3 is 1. The molecule has 2 N–H and O–H groups in total. The van der Waals surface area contributed by atoms with Gasteiger partial charge in [-0.2, -0.15) is 12.7 Å². The summed E-state index contributed by atoms with van der Waals surface area (Å²) >= 11 is 0. The molecule has 2 aliphatic carbocycles. The van der Waals surface area contributed by atoms with E-state index < -0.39 is 33.5 Å². The normalized spacial score (nSPS) is 25.2. The van der Waals surface area contributed by atoms with Gasteiger partial charge in [0, 0.05) is 61.7 Å². The lowest BCUT2D eigenvalue weighted by molar-refractivity contribution is -0.153. The second kappa shape index (κ2) is 12.4. The Labute approximate surface area is 287 Å². The predicted octanol–water partition coefficient (Wildman–Crippen LogP) is 3.89. The minimum atomic E-state index is -4.01. The first kappa shape index (κ1) is 33.6. The van der Waals surface area contributed by atoms with Gasteiger partial charge in [0.15, 0.2) is 0 Å². The van der Waals surface area contributed by atoms with Gasteiger partial charge in [-0.3, -0.25) is 14.4 Å². The molecule has 262 valence electrons. The molecule has 13 heteroatoms. The van der Waals surface area contributed by atoms with E-state index in [0.717, 1.165) is 57.7 Å². The Morgan fingerprint density at radius 2 is 1.71 bits per heavy atom. The van der Waals surface area contributed by atoms with Crippen molar-refractivity contribution in [3.63, 3.8) is 0 Å². The van der Waals surface area contributed by atoms with E-state index in [-0.39, 0.29) is 23.7 Å². The lowest BCUT2D eigenvalue weighted by Crippen LogP contribution is -2.55. The van der Waals surface area contributed by atoms with E-state index in [9.17, 15) is 22.8 Å². The number of aromatic nitrogens is 1. The van der Waals surface area contributed by atoms with Crippen molar-refractivity contribution < 1.29 is 32.3 Å². The van der Waals surface area contributed by atoms with Crippen molar-refractivity contribution in [2.75, 3.05) is 34.3 Å². The summed E-state index contributed by atoms with van der Waals surface area (Å²) < 4.78 is 41.9. The monoisotopic (exact) mass is 691 g/mol. The van der Waals surface area contributed by atoms with Crippen LogP contribution in [-0.4, -0.2) is 92.0 Å². The van der Waals surface area contributed by atoms with Crippen LogP contribution in [0.4, 0.5) is 0 Å². The van der Waals surface area contributed by atoms with E-state index in [4.69, 9.17) is 9.47 Å². The molecular weight excluding hydrogens is 646 g/mol. The number of nitrogens with one attached hydrogen (secondary N) is 2. The first-order chi connectivity index (χ1) is 23.3. The Balaban J connectivity index is 1.36. The van der Waals surface area contributed by atoms with E-state index in [0.29, 0.717) is 37.7 Å². The lowest BCUT2D eigenvalue weighted by Gasteiger charge is -2.35. The number of carbonyl (C=O) groups is 3. The Bertz CT molecular complexity index is 1940. The van der Waals surface area contributed by atoms with Crippen molar-refractivity contribution in [3.05, 3.63) is 53.1 Å². The molecule has 2 saturated carbocycles. The van der Waals surface area contributed by atoms with Gasteiger partial charge in [0.25, 0.3) is 5.91 Å². The molecule has 49 heavy (non-hydrogen) atoms. The van der Waals surface area contributed by atoms with E-state index >= 15 is 0 Å². The van der Waals surface area contributed by atoms with Crippen molar-refractivity contribution >= 4 is 38.8 Å². The number of nitrogens with zero attached hydrogens (tertiary/aromatic N) is 3. The van der Waals surface area contributed by atoms with Crippen LogP contribution in [0.25, 0.3) is 22.2 Å². The maximum absolute atomic E-state index is 13.8. The van der Waals surface area contributed by atoms with Crippen molar-refractivity contribution in [3.8, 4) is 17.0 Å². The molecule has 2 aliphatic heterocycles. The second-order valence-corrected chi connectivity index (χ2v) is 16.3. The zero-order valence-electron chi connectivity index (χ0n) is 28.7. The number of ether oxygens (including phenoxy) is 2. The summed E-state index contributed by atoms with van der Waals surface area (Å²) in [6.45, 7) is 4.86. The molecule has 4 atom stereocenters. The first-order valence-electron chi connectivity index (χ1n) is 17.2. The zero-order valence-corrected chi connectivity index (χ0v) is 29.6. The third kappa shape index (κ3) is 5.99. The summed E-state index contributed by atoms with van der Waals surface area (Å²) in [5, 5.41) is 4.20. The number of rotatable bonds is 6. The Hall–Kier alpha value is -3.94. The number of carbonyl (C=O) groups excluding carboxylic acids is 3. The summed E-state index contributed by atoms with van der Waals surface area (Å²) in [5.41, 5.74) is 4.59. The highest BCUT2D eigenvalue weighted by Crippen LogP contribution is 2.60. The third-order valence-corrected chi connectivity index (χ3v) is 12.2. The fraction of sp³-hybridized carbons (Fsp3) is 0.528. The lowest BCUT2D eigenvalue weighted by atomic mass is 9.81. The van der Waals surface area contributed by atoms with Crippen molar-refractivity contribution in [1.82, 2.24) is 23.8 Å². The van der Waals surface area contributed by atoms with Crippen molar-refractivity contribution in [2.45, 2.75) is 88.5 Å². The number of amides is 3. The van der Waals surface area contributed by atoms with Crippen LogP contribution in [0.3, 0.4) is 0 Å². The molecule has 3 heterocycles. The minimum Gasteiger partial charge on any atom is -0.497 e. The molecule has 0 bridgehead atoms. The topological polar surface area (TPSA) is 139 Å². The average Bonchev–Trinajstić information content (AvgIpc) is 3.70. The molecule has 7 rings (SSSR count). The highest BCUT2D eigenvalue weighted by atomic mass is 32.2. The average molecular weight is 692 g/mol. The van der Waals surface area contributed by atoms with Crippen molar-refractivity contribution in [1.29, 1.82) is 0 Å². The van der Waals surface area contributed by atoms with E-state index in [1.807, 2.05) is 32.0 Å². The molecule has 1 saturated heterocycles. The quantitative estimate of drug-likeness (QED) is 0.374. The molecule has 0 unspecified atom stereocenters. The van der Waals surface area contributed by atoms with Gasteiger partial charge in [0.1, 0.15) is 5.75 Å². The summed E-state index contributed by atoms with van der Waals surface area (Å²) in [4.78, 5) is 42.2. The molecular formula is C36H45N5O7S. The van der Waals surface area contributed by atoms with Crippen molar-refractivity contribution in [2.24, 2.45) is 0 Å². The number of morpholine rings is 1. The molecule has 0 radical (unpaired) electrons. The number of benzene rings is 2. The number of hydrogen-bond acceptors (Lipinski definition) is 7. The fourth-order valence-electron chi connectivity index (χ4n) is 8.33.